The number of imidazole rings is 1. The maximum atomic E-state index is 5.99. The van der Waals surface area contributed by atoms with Crippen LogP contribution in [0.1, 0.15) is 12.7 Å². The van der Waals surface area contributed by atoms with Gasteiger partial charge in [-0.05, 0) is 19.1 Å². The van der Waals surface area contributed by atoms with E-state index in [-0.39, 0.29) is 6.04 Å². The van der Waals surface area contributed by atoms with Gasteiger partial charge in [0.25, 0.3) is 0 Å². The van der Waals surface area contributed by atoms with Crippen molar-refractivity contribution in [3.05, 3.63) is 35.4 Å². The van der Waals surface area contributed by atoms with Gasteiger partial charge in [-0.25, -0.2) is 4.98 Å². The maximum Gasteiger partial charge on any atom is 0.155 e. The minimum absolute atomic E-state index is 0.0943. The van der Waals surface area contributed by atoms with Crippen LogP contribution in [0.4, 0.5) is 0 Å². The van der Waals surface area contributed by atoms with Gasteiger partial charge in [-0.15, -0.1) is 0 Å². The van der Waals surface area contributed by atoms with Crippen LogP contribution in [-0.4, -0.2) is 15.4 Å². The van der Waals surface area contributed by atoms with Gasteiger partial charge in [0, 0.05) is 18.7 Å². The molecule has 1 unspecified atom stereocenters. The standard InChI is InChI=1S/C10H12ClN3/c1-7(12)6-9-13-10(11)8-4-2-3-5-14(8)9/h2-5,7H,6,12H2,1H3. The number of nitrogens with zero attached hydrogens (tertiary/aromatic N) is 2. The molecule has 1 atom stereocenters. The van der Waals surface area contributed by atoms with Crippen LogP contribution in [0.15, 0.2) is 24.4 Å². The summed E-state index contributed by atoms with van der Waals surface area (Å²) in [7, 11) is 0. The number of rotatable bonds is 2. The maximum absolute atomic E-state index is 5.99. The molecule has 0 aromatic carbocycles. The van der Waals surface area contributed by atoms with Gasteiger partial charge >= 0.3 is 0 Å². The van der Waals surface area contributed by atoms with E-state index in [1.807, 2.05) is 35.7 Å². The summed E-state index contributed by atoms with van der Waals surface area (Å²) in [6.45, 7) is 1.96. The van der Waals surface area contributed by atoms with Crippen LogP contribution >= 0.6 is 11.6 Å². The largest absolute Gasteiger partial charge is 0.328 e. The van der Waals surface area contributed by atoms with Crippen molar-refractivity contribution in [3.63, 3.8) is 0 Å². The average molecular weight is 210 g/mol. The molecule has 0 spiro atoms. The fourth-order valence-electron chi connectivity index (χ4n) is 1.49. The summed E-state index contributed by atoms with van der Waals surface area (Å²) >= 11 is 5.99. The Balaban J connectivity index is 2.55. The second kappa shape index (κ2) is 3.59. The first-order valence-electron chi connectivity index (χ1n) is 4.55. The number of fused-ring (bicyclic) bond motifs is 1. The molecular formula is C10H12ClN3. The summed E-state index contributed by atoms with van der Waals surface area (Å²) in [5, 5.41) is 0.543. The van der Waals surface area contributed by atoms with Gasteiger partial charge in [0.15, 0.2) is 5.15 Å². The molecule has 3 nitrogen and oxygen atoms in total. The van der Waals surface area contributed by atoms with Crippen LogP contribution in [0, 0.1) is 0 Å². The molecule has 2 aromatic rings. The SMILES string of the molecule is CC(N)Cc1nc(Cl)c2ccccn12. The Bertz CT molecular complexity index is 448. The number of hydrogen-bond acceptors (Lipinski definition) is 2. The first-order chi connectivity index (χ1) is 6.68. The van der Waals surface area contributed by atoms with Crippen LogP contribution < -0.4 is 5.73 Å². The first-order valence-corrected chi connectivity index (χ1v) is 4.93. The van der Waals surface area contributed by atoms with E-state index in [4.69, 9.17) is 17.3 Å². The van der Waals surface area contributed by atoms with Crippen molar-refractivity contribution in [1.82, 2.24) is 9.38 Å². The van der Waals surface area contributed by atoms with Crippen molar-refractivity contribution >= 4 is 17.1 Å². The van der Waals surface area contributed by atoms with E-state index in [1.165, 1.54) is 0 Å². The van der Waals surface area contributed by atoms with E-state index in [2.05, 4.69) is 4.98 Å². The Kier molecular flexibility index (Phi) is 2.44. The third kappa shape index (κ3) is 1.61. The van der Waals surface area contributed by atoms with Gasteiger partial charge in [-0.3, -0.25) is 0 Å². The highest BCUT2D eigenvalue weighted by molar-refractivity contribution is 6.32. The second-order valence-corrected chi connectivity index (χ2v) is 3.81. The fraction of sp³-hybridized carbons (Fsp3) is 0.300. The summed E-state index contributed by atoms with van der Waals surface area (Å²) in [5.74, 6) is 0.917. The number of nitrogens with two attached hydrogens (primary N) is 1. The normalized spacial score (nSPS) is 13.4. The molecule has 74 valence electrons. The number of aromatic nitrogens is 2. The first kappa shape index (κ1) is 9.49. The second-order valence-electron chi connectivity index (χ2n) is 3.46. The highest BCUT2D eigenvalue weighted by Gasteiger charge is 2.09. The lowest BCUT2D eigenvalue weighted by atomic mass is 10.2. The predicted molar refractivity (Wildman–Crippen MR) is 57.6 cm³/mol. The fourth-order valence-corrected chi connectivity index (χ4v) is 1.74. The molecule has 4 heteroatoms. The molecule has 2 N–H and O–H groups in total. The molecule has 14 heavy (non-hydrogen) atoms. The Hall–Kier alpha value is -1.06. The molecule has 2 rings (SSSR count). The summed E-state index contributed by atoms with van der Waals surface area (Å²) < 4.78 is 1.98. The number of hydrogen-bond donors (Lipinski definition) is 1. The Morgan fingerprint density at radius 3 is 3.07 bits per heavy atom. The third-order valence-electron chi connectivity index (χ3n) is 2.08. The van der Waals surface area contributed by atoms with Gasteiger partial charge in [-0.1, -0.05) is 17.7 Å². The van der Waals surface area contributed by atoms with E-state index in [1.54, 1.807) is 0 Å². The summed E-state index contributed by atoms with van der Waals surface area (Å²) in [4.78, 5) is 4.28. The summed E-state index contributed by atoms with van der Waals surface area (Å²) in [6.07, 6.45) is 2.68. The van der Waals surface area contributed by atoms with Crippen molar-refractivity contribution < 1.29 is 0 Å². The zero-order valence-corrected chi connectivity index (χ0v) is 8.70. The zero-order valence-electron chi connectivity index (χ0n) is 7.94. The zero-order chi connectivity index (χ0) is 10.1. The van der Waals surface area contributed by atoms with E-state index in [0.29, 0.717) is 5.15 Å². The molecule has 0 fully saturated rings. The molecule has 0 amide bonds. The molecule has 0 saturated carbocycles. The third-order valence-corrected chi connectivity index (χ3v) is 2.36. The molecule has 0 aliphatic carbocycles. The monoisotopic (exact) mass is 209 g/mol. The van der Waals surface area contributed by atoms with Gasteiger partial charge in [-0.2, -0.15) is 0 Å². The van der Waals surface area contributed by atoms with Crippen LogP contribution in [0.5, 0.6) is 0 Å². The summed E-state index contributed by atoms with van der Waals surface area (Å²) in [5.41, 5.74) is 6.66. The van der Waals surface area contributed by atoms with E-state index in [0.717, 1.165) is 17.8 Å². The molecule has 2 heterocycles. The van der Waals surface area contributed by atoms with Gasteiger partial charge in [0.05, 0.1) is 5.52 Å². The highest BCUT2D eigenvalue weighted by Crippen LogP contribution is 2.18. The Labute approximate surface area is 87.5 Å². The number of pyridine rings is 1. The van der Waals surface area contributed by atoms with Crippen molar-refractivity contribution in [1.29, 1.82) is 0 Å². The lowest BCUT2D eigenvalue weighted by Crippen LogP contribution is -2.19. The minimum atomic E-state index is 0.0943. The molecule has 0 aliphatic heterocycles. The van der Waals surface area contributed by atoms with E-state index < -0.39 is 0 Å². The van der Waals surface area contributed by atoms with Gasteiger partial charge in [0.1, 0.15) is 5.82 Å². The molecule has 0 saturated heterocycles. The number of halogens is 1. The lowest BCUT2D eigenvalue weighted by molar-refractivity contribution is 0.700. The van der Waals surface area contributed by atoms with Gasteiger partial charge in [0.2, 0.25) is 0 Å². The lowest BCUT2D eigenvalue weighted by Gasteiger charge is -2.03. The smallest absolute Gasteiger partial charge is 0.155 e. The molecular weight excluding hydrogens is 198 g/mol. The van der Waals surface area contributed by atoms with Crippen LogP contribution in [-0.2, 0) is 6.42 Å². The average Bonchev–Trinajstić information content (AvgIpc) is 2.44. The summed E-state index contributed by atoms with van der Waals surface area (Å²) in [6, 6.07) is 5.94. The molecule has 0 aliphatic rings. The van der Waals surface area contributed by atoms with Crippen LogP contribution in [0.3, 0.4) is 0 Å². The van der Waals surface area contributed by atoms with Crippen LogP contribution in [0.2, 0.25) is 5.15 Å². The molecule has 2 aromatic heterocycles. The van der Waals surface area contributed by atoms with Crippen molar-refractivity contribution in [2.45, 2.75) is 19.4 Å². The Morgan fingerprint density at radius 1 is 1.57 bits per heavy atom. The Morgan fingerprint density at radius 2 is 2.36 bits per heavy atom. The van der Waals surface area contributed by atoms with Crippen LogP contribution in [0.25, 0.3) is 5.52 Å². The predicted octanol–water partition coefficient (Wildman–Crippen LogP) is 1.88. The van der Waals surface area contributed by atoms with Crippen molar-refractivity contribution in [3.8, 4) is 0 Å². The minimum Gasteiger partial charge on any atom is -0.328 e. The molecule has 0 radical (unpaired) electrons. The van der Waals surface area contributed by atoms with E-state index in [9.17, 15) is 0 Å². The van der Waals surface area contributed by atoms with Gasteiger partial charge < -0.3 is 10.1 Å². The quantitative estimate of drug-likeness (QED) is 0.821. The topological polar surface area (TPSA) is 43.3 Å². The molecule has 0 bridgehead atoms. The van der Waals surface area contributed by atoms with Crippen molar-refractivity contribution in [2.75, 3.05) is 0 Å². The van der Waals surface area contributed by atoms with Crippen molar-refractivity contribution in [2.24, 2.45) is 5.73 Å². The highest BCUT2D eigenvalue weighted by atomic mass is 35.5. The van der Waals surface area contributed by atoms with E-state index >= 15 is 0 Å².